The van der Waals surface area contributed by atoms with Crippen LogP contribution in [0.15, 0.2) is 95.0 Å². The fraction of sp³-hybridized carbons (Fsp3) is 0.324. The largest absolute Gasteiger partial charge is 0.416 e. The first-order chi connectivity index (χ1) is 25.3. The minimum Gasteiger partial charge on any atom is -0.344 e. The summed E-state index contributed by atoms with van der Waals surface area (Å²) < 4.78 is 69.4. The van der Waals surface area contributed by atoms with Crippen LogP contribution in [0.5, 0.6) is 0 Å². The van der Waals surface area contributed by atoms with Gasteiger partial charge in [-0.05, 0) is 78.1 Å². The number of sulfonamides is 1. The van der Waals surface area contributed by atoms with E-state index in [0.717, 1.165) is 39.5 Å². The molecule has 3 heterocycles. The molecule has 3 atom stereocenters. The number of thioether (sulfide) groups is 1. The van der Waals surface area contributed by atoms with Crippen molar-refractivity contribution >= 4 is 45.3 Å². The molecule has 1 aromatic heterocycles. The molecule has 19 heteroatoms. The molecule has 0 aliphatic carbocycles. The van der Waals surface area contributed by atoms with Crippen molar-refractivity contribution in [3.63, 3.8) is 0 Å². The Balaban J connectivity index is 1.20. The van der Waals surface area contributed by atoms with E-state index in [-0.39, 0.29) is 43.8 Å². The molecule has 4 aromatic rings. The minimum atomic E-state index is -4.69. The number of benzene rings is 3. The van der Waals surface area contributed by atoms with Crippen LogP contribution in [0.3, 0.4) is 0 Å². The minimum absolute atomic E-state index is 0.0892. The lowest BCUT2D eigenvalue weighted by molar-refractivity contribution is -0.176. The summed E-state index contributed by atoms with van der Waals surface area (Å²) >= 11 is 1.07. The summed E-state index contributed by atoms with van der Waals surface area (Å²) in [5.74, 6) is -2.63. The molecule has 2 saturated heterocycles. The number of hydrazine groups is 1. The van der Waals surface area contributed by atoms with Crippen LogP contribution in [0, 0.1) is 0 Å². The number of carbonyl (C=O) groups excluding carboxylic acids is 4. The van der Waals surface area contributed by atoms with Crippen LogP contribution in [-0.2, 0) is 41.8 Å². The maximum Gasteiger partial charge on any atom is 0.416 e. The van der Waals surface area contributed by atoms with E-state index in [1.807, 2.05) is 18.2 Å². The summed E-state index contributed by atoms with van der Waals surface area (Å²) in [4.78, 5) is 54.5. The predicted molar refractivity (Wildman–Crippen MR) is 183 cm³/mol. The van der Waals surface area contributed by atoms with Crippen molar-refractivity contribution in [2.45, 2.75) is 66.5 Å². The number of amides is 3. The molecule has 3 amide bonds. The van der Waals surface area contributed by atoms with Crippen LogP contribution < -0.4 is 10.0 Å². The van der Waals surface area contributed by atoms with E-state index in [9.17, 15) is 40.8 Å². The number of fused-ring (bicyclic) bond motifs is 1. The Morgan fingerprint density at radius 1 is 0.943 bits per heavy atom. The molecule has 3 aromatic carbocycles. The average Bonchev–Trinajstić information content (AvgIpc) is 3.59. The lowest BCUT2D eigenvalue weighted by atomic mass is 10.0. The van der Waals surface area contributed by atoms with Crippen molar-refractivity contribution in [3.8, 4) is 5.69 Å². The molecule has 14 nitrogen and oxygen atoms in total. The van der Waals surface area contributed by atoms with Crippen LogP contribution in [0.2, 0.25) is 0 Å². The number of nitrogens with zero attached hydrogens (tertiary/aromatic N) is 6. The van der Waals surface area contributed by atoms with Crippen molar-refractivity contribution in [1.29, 1.82) is 0 Å². The highest BCUT2D eigenvalue weighted by Crippen LogP contribution is 2.30. The van der Waals surface area contributed by atoms with Crippen LogP contribution >= 0.6 is 11.8 Å². The van der Waals surface area contributed by atoms with E-state index in [1.54, 1.807) is 42.5 Å². The Morgan fingerprint density at radius 3 is 2.30 bits per heavy atom. The molecule has 0 bridgehead atoms. The molecular weight excluding hydrogens is 738 g/mol. The second-order valence-corrected chi connectivity index (χ2v) is 15.0. The molecular formula is C34H33F3N8O6S2. The molecule has 0 saturated carbocycles. The van der Waals surface area contributed by atoms with Gasteiger partial charge in [-0.15, -0.1) is 5.10 Å². The van der Waals surface area contributed by atoms with Crippen molar-refractivity contribution in [3.05, 3.63) is 96.1 Å². The molecule has 0 unspecified atom stereocenters. The van der Waals surface area contributed by atoms with E-state index in [4.69, 9.17) is 0 Å². The number of ketones is 1. The quantitative estimate of drug-likeness (QED) is 0.204. The third-order valence-corrected chi connectivity index (χ3v) is 11.2. The van der Waals surface area contributed by atoms with Crippen molar-refractivity contribution < 1.29 is 40.8 Å². The molecule has 2 N–H and O–H groups in total. The van der Waals surface area contributed by atoms with Gasteiger partial charge in [-0.3, -0.25) is 24.2 Å². The Bertz CT molecular complexity index is 2070. The van der Waals surface area contributed by atoms with E-state index in [0.29, 0.717) is 29.4 Å². The SMILES string of the molecule is O=C(CSc1nnnn1-c1ccccc1)[C@H](Cc1ccccc1)NC(=O)[C@@H]1CCCN2C(=O)CC[C@H](NS(=O)(=O)c3ccc(C(F)(F)F)cc3)C(=O)N12. The number of Topliss-reactive ketones (excluding diaryl/α,β-unsaturated/α-hetero) is 1. The zero-order valence-electron chi connectivity index (χ0n) is 27.8. The number of tetrazole rings is 1. The number of alkyl halides is 3. The first kappa shape index (κ1) is 37.6. The van der Waals surface area contributed by atoms with E-state index < -0.39 is 62.5 Å². The van der Waals surface area contributed by atoms with E-state index in [1.165, 1.54) is 4.68 Å². The fourth-order valence-corrected chi connectivity index (χ4v) is 8.11. The molecule has 2 aliphatic heterocycles. The molecule has 2 aliphatic rings. The number of para-hydroxylation sites is 1. The Morgan fingerprint density at radius 2 is 1.62 bits per heavy atom. The van der Waals surface area contributed by atoms with Crippen LogP contribution in [-0.4, -0.2) is 92.6 Å². The lowest BCUT2D eigenvalue weighted by Crippen LogP contribution is -2.64. The summed E-state index contributed by atoms with van der Waals surface area (Å²) in [6.45, 7) is 0.0892. The summed E-state index contributed by atoms with van der Waals surface area (Å²) in [5.41, 5.74) is 0.370. The smallest absolute Gasteiger partial charge is 0.344 e. The Labute approximate surface area is 306 Å². The van der Waals surface area contributed by atoms with Gasteiger partial charge in [0.15, 0.2) is 5.78 Å². The monoisotopic (exact) mass is 770 g/mol. The summed E-state index contributed by atoms with van der Waals surface area (Å²) in [5, 5.41) is 16.9. The highest BCUT2D eigenvalue weighted by atomic mass is 32.2. The second-order valence-electron chi connectivity index (χ2n) is 12.3. The number of rotatable bonds is 12. The van der Waals surface area contributed by atoms with E-state index in [2.05, 4.69) is 25.6 Å². The maximum absolute atomic E-state index is 14.1. The molecule has 53 heavy (non-hydrogen) atoms. The molecule has 2 fully saturated rings. The van der Waals surface area contributed by atoms with Crippen molar-refractivity contribution in [1.82, 2.24) is 40.3 Å². The maximum atomic E-state index is 14.1. The topological polar surface area (TPSA) is 177 Å². The normalized spacial score (nSPS) is 18.6. The van der Waals surface area contributed by atoms with Crippen molar-refractivity contribution in [2.24, 2.45) is 0 Å². The number of aromatic nitrogens is 4. The standard InChI is InChI=1S/C34H33F3N8O6S2/c35-34(36,37)23-13-15-25(16-14-23)53(50,51)40-26-17-18-30(47)43-19-7-12-28(45(43)32(26)49)31(48)38-27(20-22-8-3-1-4-9-22)29(46)21-52-33-39-41-42-44(33)24-10-5-2-6-11-24/h1-6,8-11,13-16,26-28,40H,7,12,17-21H2,(H,38,48)/t26-,27-,28-/m0/s1. The second kappa shape index (κ2) is 15.8. The predicted octanol–water partition coefficient (Wildman–Crippen LogP) is 2.95. The van der Waals surface area contributed by atoms with Gasteiger partial charge in [0.05, 0.1) is 27.9 Å². The van der Waals surface area contributed by atoms with Gasteiger partial charge < -0.3 is 5.32 Å². The van der Waals surface area contributed by atoms with Gasteiger partial charge in [-0.2, -0.15) is 22.6 Å². The lowest BCUT2D eigenvalue weighted by Gasteiger charge is -2.43. The molecule has 0 spiro atoms. The van der Waals surface area contributed by atoms with Crippen LogP contribution in [0.25, 0.3) is 5.69 Å². The Kier molecular flexibility index (Phi) is 11.2. The first-order valence-corrected chi connectivity index (χ1v) is 19.0. The number of carbonyl (C=O) groups is 4. The van der Waals surface area contributed by atoms with E-state index >= 15 is 0 Å². The van der Waals surface area contributed by atoms with Gasteiger partial charge in [0.1, 0.15) is 12.1 Å². The third-order valence-electron chi connectivity index (χ3n) is 8.73. The van der Waals surface area contributed by atoms with Gasteiger partial charge in [-0.25, -0.2) is 13.4 Å². The zero-order valence-corrected chi connectivity index (χ0v) is 29.5. The van der Waals surface area contributed by atoms with Gasteiger partial charge in [-0.1, -0.05) is 60.3 Å². The van der Waals surface area contributed by atoms with Gasteiger partial charge in [0, 0.05) is 13.0 Å². The van der Waals surface area contributed by atoms with Crippen molar-refractivity contribution in [2.75, 3.05) is 12.3 Å². The fourth-order valence-electron chi connectivity index (χ4n) is 6.06. The summed E-state index contributed by atoms with van der Waals surface area (Å²) in [7, 11) is -4.53. The third kappa shape index (κ3) is 8.74. The van der Waals surface area contributed by atoms with Gasteiger partial charge in [0.2, 0.25) is 27.0 Å². The van der Waals surface area contributed by atoms with Crippen LogP contribution in [0.1, 0.15) is 36.8 Å². The zero-order chi connectivity index (χ0) is 37.8. The summed E-state index contributed by atoms with van der Waals surface area (Å²) in [6.07, 6.45) is -4.64. The van der Waals surface area contributed by atoms with Gasteiger partial charge >= 0.3 is 6.18 Å². The summed E-state index contributed by atoms with van der Waals surface area (Å²) in [6, 6.07) is 16.9. The molecule has 6 rings (SSSR count). The highest BCUT2D eigenvalue weighted by molar-refractivity contribution is 7.99. The number of hydrogen-bond acceptors (Lipinski definition) is 10. The average molecular weight is 771 g/mol. The Hall–Kier alpha value is -5.14. The molecule has 0 radical (unpaired) electrons. The number of hydrogen-bond donors (Lipinski definition) is 2. The van der Waals surface area contributed by atoms with Gasteiger partial charge in [0.25, 0.3) is 5.91 Å². The number of nitrogens with one attached hydrogen (secondary N) is 2. The van der Waals surface area contributed by atoms with Crippen LogP contribution in [0.4, 0.5) is 13.2 Å². The highest BCUT2D eigenvalue weighted by Gasteiger charge is 2.46. The molecule has 278 valence electrons. The number of halogens is 3. The first-order valence-electron chi connectivity index (χ1n) is 16.5.